The van der Waals surface area contributed by atoms with Crippen molar-refractivity contribution in [3.05, 3.63) is 70.3 Å². The SMILES string of the molecule is O=C(Cc1c[nH]c2ccccc12)NCc1ccc2oc(=O)[nH]c2c1. The smallest absolute Gasteiger partial charge is 0.408 e. The van der Waals surface area contributed by atoms with E-state index < -0.39 is 5.76 Å². The zero-order valence-electron chi connectivity index (χ0n) is 12.8. The van der Waals surface area contributed by atoms with Gasteiger partial charge in [-0.05, 0) is 29.3 Å². The number of fused-ring (bicyclic) bond motifs is 2. The summed E-state index contributed by atoms with van der Waals surface area (Å²) in [6, 6.07) is 13.2. The molecule has 2 aromatic heterocycles. The van der Waals surface area contributed by atoms with Gasteiger partial charge in [0.15, 0.2) is 5.58 Å². The van der Waals surface area contributed by atoms with Crippen molar-refractivity contribution < 1.29 is 9.21 Å². The Morgan fingerprint density at radius 3 is 2.92 bits per heavy atom. The Labute approximate surface area is 136 Å². The summed E-state index contributed by atoms with van der Waals surface area (Å²) in [5, 5.41) is 3.96. The molecule has 0 fully saturated rings. The van der Waals surface area contributed by atoms with Gasteiger partial charge in [-0.2, -0.15) is 0 Å². The molecular weight excluding hydrogens is 306 g/mol. The van der Waals surface area contributed by atoms with Crippen LogP contribution in [0.15, 0.2) is 57.9 Å². The van der Waals surface area contributed by atoms with Crippen LogP contribution in [0.3, 0.4) is 0 Å². The minimum absolute atomic E-state index is 0.0551. The summed E-state index contributed by atoms with van der Waals surface area (Å²) in [4.78, 5) is 29.1. The van der Waals surface area contributed by atoms with Crippen LogP contribution in [0.25, 0.3) is 22.0 Å². The first-order valence-corrected chi connectivity index (χ1v) is 7.62. The van der Waals surface area contributed by atoms with Gasteiger partial charge < -0.3 is 14.7 Å². The number of H-pyrrole nitrogens is 2. The number of carbonyl (C=O) groups excluding carboxylic acids is 1. The van der Waals surface area contributed by atoms with Crippen molar-refractivity contribution in [3.8, 4) is 0 Å². The van der Waals surface area contributed by atoms with Crippen molar-refractivity contribution in [2.24, 2.45) is 0 Å². The molecule has 2 heterocycles. The predicted octanol–water partition coefficient (Wildman–Crippen LogP) is 2.46. The number of carbonyl (C=O) groups is 1. The van der Waals surface area contributed by atoms with Gasteiger partial charge in [-0.25, -0.2) is 4.79 Å². The zero-order valence-corrected chi connectivity index (χ0v) is 12.8. The largest absolute Gasteiger partial charge is 0.417 e. The second-order valence-electron chi connectivity index (χ2n) is 5.66. The van der Waals surface area contributed by atoms with Crippen molar-refractivity contribution in [2.45, 2.75) is 13.0 Å². The number of nitrogens with one attached hydrogen (secondary N) is 3. The summed E-state index contributed by atoms with van der Waals surface area (Å²) in [5.41, 5.74) is 4.02. The summed E-state index contributed by atoms with van der Waals surface area (Å²) in [6.45, 7) is 0.393. The Bertz CT molecular complexity index is 1090. The van der Waals surface area contributed by atoms with Crippen LogP contribution in [0, 0.1) is 0 Å². The van der Waals surface area contributed by atoms with Gasteiger partial charge in [-0.15, -0.1) is 0 Å². The molecule has 4 aromatic rings. The monoisotopic (exact) mass is 321 g/mol. The van der Waals surface area contributed by atoms with Crippen LogP contribution in [0.2, 0.25) is 0 Å². The Morgan fingerprint density at radius 2 is 2.00 bits per heavy atom. The lowest BCUT2D eigenvalue weighted by Gasteiger charge is -2.05. The molecule has 0 aliphatic carbocycles. The molecule has 120 valence electrons. The van der Waals surface area contributed by atoms with Crippen LogP contribution in [0.1, 0.15) is 11.1 Å². The maximum atomic E-state index is 12.2. The molecule has 3 N–H and O–H groups in total. The quantitative estimate of drug-likeness (QED) is 0.539. The molecule has 0 spiro atoms. The Morgan fingerprint density at radius 1 is 1.12 bits per heavy atom. The first kappa shape index (κ1) is 14.3. The number of rotatable bonds is 4. The number of amides is 1. The van der Waals surface area contributed by atoms with Crippen molar-refractivity contribution in [3.63, 3.8) is 0 Å². The maximum absolute atomic E-state index is 12.2. The predicted molar refractivity (Wildman–Crippen MR) is 90.7 cm³/mol. The Balaban J connectivity index is 1.44. The highest BCUT2D eigenvalue weighted by Gasteiger charge is 2.09. The van der Waals surface area contributed by atoms with Crippen molar-refractivity contribution in [1.29, 1.82) is 0 Å². The molecule has 0 aliphatic heterocycles. The molecule has 0 saturated carbocycles. The molecule has 2 aromatic carbocycles. The lowest BCUT2D eigenvalue weighted by atomic mass is 10.1. The number of hydrogen-bond acceptors (Lipinski definition) is 3. The van der Waals surface area contributed by atoms with E-state index in [4.69, 9.17) is 4.42 Å². The summed E-state index contributed by atoms with van der Waals surface area (Å²) in [5.74, 6) is -0.536. The molecular formula is C18H15N3O3. The highest BCUT2D eigenvalue weighted by atomic mass is 16.4. The van der Waals surface area contributed by atoms with Gasteiger partial charge in [0, 0.05) is 23.6 Å². The fourth-order valence-corrected chi connectivity index (χ4v) is 2.82. The first-order chi connectivity index (χ1) is 11.7. The van der Waals surface area contributed by atoms with Gasteiger partial charge in [0.1, 0.15) is 0 Å². The minimum Gasteiger partial charge on any atom is -0.408 e. The van der Waals surface area contributed by atoms with Crippen molar-refractivity contribution in [1.82, 2.24) is 15.3 Å². The van der Waals surface area contributed by atoms with E-state index in [1.54, 1.807) is 12.1 Å². The number of aromatic nitrogens is 2. The topological polar surface area (TPSA) is 90.9 Å². The molecule has 0 atom stereocenters. The number of hydrogen-bond donors (Lipinski definition) is 3. The third kappa shape index (κ3) is 2.69. The first-order valence-electron chi connectivity index (χ1n) is 7.62. The van der Waals surface area contributed by atoms with E-state index in [-0.39, 0.29) is 5.91 Å². The van der Waals surface area contributed by atoms with Gasteiger partial charge in [0.05, 0.1) is 11.9 Å². The molecule has 0 bridgehead atoms. The number of aromatic amines is 2. The molecule has 4 rings (SSSR count). The zero-order chi connectivity index (χ0) is 16.5. The average Bonchev–Trinajstić information content (AvgIpc) is 3.15. The maximum Gasteiger partial charge on any atom is 0.417 e. The number of oxazole rings is 1. The Kier molecular flexibility index (Phi) is 3.42. The van der Waals surface area contributed by atoms with Gasteiger partial charge >= 0.3 is 5.76 Å². The standard InChI is InChI=1S/C18H15N3O3/c22-17(8-12-10-19-14-4-2-1-3-13(12)14)20-9-11-5-6-16-15(7-11)21-18(23)24-16/h1-7,10,19H,8-9H2,(H,20,22)(H,21,23). The molecule has 0 aliphatic rings. The molecule has 0 radical (unpaired) electrons. The molecule has 6 nitrogen and oxygen atoms in total. The average molecular weight is 321 g/mol. The van der Waals surface area contributed by atoms with Crippen LogP contribution in [0.4, 0.5) is 0 Å². The van der Waals surface area contributed by atoms with Gasteiger partial charge in [0.2, 0.25) is 5.91 Å². The molecule has 0 unspecified atom stereocenters. The van der Waals surface area contributed by atoms with Gasteiger partial charge in [0.25, 0.3) is 0 Å². The lowest BCUT2D eigenvalue weighted by molar-refractivity contribution is -0.120. The highest BCUT2D eigenvalue weighted by Crippen LogP contribution is 2.18. The van der Waals surface area contributed by atoms with Crippen LogP contribution in [0.5, 0.6) is 0 Å². The van der Waals surface area contributed by atoms with E-state index in [9.17, 15) is 9.59 Å². The number of para-hydroxylation sites is 1. The van der Waals surface area contributed by atoms with E-state index in [0.29, 0.717) is 24.1 Å². The van der Waals surface area contributed by atoms with Crippen molar-refractivity contribution in [2.75, 3.05) is 0 Å². The van der Waals surface area contributed by atoms with Gasteiger partial charge in [-0.1, -0.05) is 24.3 Å². The molecule has 6 heteroatoms. The lowest BCUT2D eigenvalue weighted by Crippen LogP contribution is -2.24. The normalized spacial score (nSPS) is 11.2. The third-order valence-corrected chi connectivity index (χ3v) is 4.00. The Hall–Kier alpha value is -3.28. The fourth-order valence-electron chi connectivity index (χ4n) is 2.82. The minimum atomic E-state index is -0.481. The van der Waals surface area contributed by atoms with E-state index in [0.717, 1.165) is 22.0 Å². The van der Waals surface area contributed by atoms with E-state index in [1.165, 1.54) is 0 Å². The highest BCUT2D eigenvalue weighted by molar-refractivity contribution is 5.88. The van der Waals surface area contributed by atoms with E-state index >= 15 is 0 Å². The summed E-state index contributed by atoms with van der Waals surface area (Å²) in [7, 11) is 0. The third-order valence-electron chi connectivity index (χ3n) is 4.00. The van der Waals surface area contributed by atoms with Crippen LogP contribution < -0.4 is 11.1 Å². The van der Waals surface area contributed by atoms with Crippen LogP contribution in [-0.2, 0) is 17.8 Å². The van der Waals surface area contributed by atoms with Crippen molar-refractivity contribution >= 4 is 27.9 Å². The second kappa shape index (κ2) is 5.73. The molecule has 1 amide bonds. The van der Waals surface area contributed by atoms with Crippen LogP contribution in [-0.4, -0.2) is 15.9 Å². The summed E-state index contributed by atoms with van der Waals surface area (Å²) >= 11 is 0. The van der Waals surface area contributed by atoms with E-state index in [2.05, 4.69) is 15.3 Å². The van der Waals surface area contributed by atoms with Gasteiger partial charge in [-0.3, -0.25) is 9.78 Å². The summed E-state index contributed by atoms with van der Waals surface area (Å²) < 4.78 is 4.96. The van der Waals surface area contributed by atoms with Crippen LogP contribution >= 0.6 is 0 Å². The summed E-state index contributed by atoms with van der Waals surface area (Å²) in [6.07, 6.45) is 2.18. The second-order valence-corrected chi connectivity index (χ2v) is 5.66. The molecule has 24 heavy (non-hydrogen) atoms. The fraction of sp³-hybridized carbons (Fsp3) is 0.111. The molecule has 0 saturated heterocycles. The number of benzene rings is 2. The van der Waals surface area contributed by atoms with E-state index in [1.807, 2.05) is 36.5 Å².